The number of aliphatic imine (C=N–C) groups is 1. The van der Waals surface area contributed by atoms with Crippen LogP contribution in [0.5, 0.6) is 0 Å². The molecule has 0 heterocycles. The average Bonchev–Trinajstić information content (AvgIpc) is 2.27. The van der Waals surface area contributed by atoms with Crippen molar-refractivity contribution in [2.24, 2.45) is 10.7 Å². The van der Waals surface area contributed by atoms with Gasteiger partial charge in [-0.05, 0) is 5.56 Å². The molecule has 0 aliphatic heterocycles. The van der Waals surface area contributed by atoms with Crippen LogP contribution in [0.1, 0.15) is 5.56 Å². The maximum atomic E-state index is 10.9. The van der Waals surface area contributed by atoms with Crippen LogP contribution >= 0.6 is 0 Å². The lowest BCUT2D eigenvalue weighted by Crippen LogP contribution is -2.41. The lowest BCUT2D eigenvalue weighted by molar-refractivity contribution is 0.247. The zero-order valence-electron chi connectivity index (χ0n) is 8.53. The number of amides is 2. The highest BCUT2D eigenvalue weighted by Crippen LogP contribution is 1.99. The summed E-state index contributed by atoms with van der Waals surface area (Å²) < 4.78 is 0. The maximum Gasteiger partial charge on any atom is 0.321 e. The molecule has 15 heavy (non-hydrogen) atoms. The minimum atomic E-state index is -0.371. The average molecular weight is 206 g/mol. The third-order valence-electron chi connectivity index (χ3n) is 1.74. The molecule has 1 rings (SSSR count). The number of hydrogen-bond acceptors (Lipinski definition) is 2. The number of nitrogens with two attached hydrogens (primary N) is 1. The lowest BCUT2D eigenvalue weighted by atomic mass is 10.2. The largest absolute Gasteiger partial charge is 0.370 e. The predicted octanol–water partition coefficient (Wildman–Crippen LogP) is 0.430. The molecule has 0 spiro atoms. The van der Waals surface area contributed by atoms with E-state index in [1.54, 1.807) is 0 Å². The van der Waals surface area contributed by atoms with Crippen LogP contribution in [0, 0.1) is 0 Å². The van der Waals surface area contributed by atoms with Gasteiger partial charge in [-0.15, -0.1) is 0 Å². The number of nitrogens with zero attached hydrogens (tertiary/aromatic N) is 1. The van der Waals surface area contributed by atoms with Crippen LogP contribution in [0.3, 0.4) is 0 Å². The summed E-state index contributed by atoms with van der Waals surface area (Å²) in [7, 11) is 1.51. The van der Waals surface area contributed by atoms with Crippen molar-refractivity contribution in [1.82, 2.24) is 10.6 Å². The SMILES string of the molecule is CNC(=O)NC(N)=NCc1ccccc1. The number of nitrogens with one attached hydrogen (secondary N) is 2. The second-order valence-corrected chi connectivity index (χ2v) is 2.89. The zero-order valence-corrected chi connectivity index (χ0v) is 8.53. The highest BCUT2D eigenvalue weighted by Gasteiger charge is 1.97. The number of hydrogen-bond donors (Lipinski definition) is 3. The standard InChI is InChI=1S/C10H14N4O/c1-12-10(15)14-9(11)13-7-8-5-3-2-4-6-8/h2-6H,7H2,1H3,(H4,11,12,13,14,15). The van der Waals surface area contributed by atoms with Crippen LogP contribution in [0.4, 0.5) is 4.79 Å². The highest BCUT2D eigenvalue weighted by molar-refractivity contribution is 5.95. The molecule has 0 bridgehead atoms. The second kappa shape index (κ2) is 5.64. The maximum absolute atomic E-state index is 10.9. The van der Waals surface area contributed by atoms with Gasteiger partial charge < -0.3 is 11.1 Å². The molecule has 0 saturated heterocycles. The molecule has 0 saturated carbocycles. The molecule has 80 valence electrons. The molecule has 1 aromatic rings. The fourth-order valence-electron chi connectivity index (χ4n) is 0.978. The second-order valence-electron chi connectivity index (χ2n) is 2.89. The van der Waals surface area contributed by atoms with E-state index >= 15 is 0 Å². The van der Waals surface area contributed by atoms with Crippen molar-refractivity contribution in [2.45, 2.75) is 6.54 Å². The molecule has 0 aliphatic rings. The van der Waals surface area contributed by atoms with Crippen LogP contribution < -0.4 is 16.4 Å². The number of carbonyl (C=O) groups is 1. The Morgan fingerprint density at radius 2 is 2.07 bits per heavy atom. The topological polar surface area (TPSA) is 79.5 Å². The van der Waals surface area contributed by atoms with Gasteiger partial charge in [-0.25, -0.2) is 9.79 Å². The molecular weight excluding hydrogens is 192 g/mol. The minimum absolute atomic E-state index is 0.109. The Balaban J connectivity index is 2.47. The number of guanidine groups is 1. The summed E-state index contributed by atoms with van der Waals surface area (Å²) in [6.07, 6.45) is 0. The molecule has 0 aliphatic carbocycles. The monoisotopic (exact) mass is 206 g/mol. The number of carbonyl (C=O) groups excluding carboxylic acids is 1. The third-order valence-corrected chi connectivity index (χ3v) is 1.74. The number of benzene rings is 1. The summed E-state index contributed by atoms with van der Waals surface area (Å²) in [5.41, 5.74) is 6.52. The van der Waals surface area contributed by atoms with E-state index in [1.807, 2.05) is 30.3 Å². The first-order chi connectivity index (χ1) is 7.22. The summed E-state index contributed by atoms with van der Waals surface area (Å²) >= 11 is 0. The first-order valence-corrected chi connectivity index (χ1v) is 4.55. The molecule has 0 radical (unpaired) electrons. The van der Waals surface area contributed by atoms with E-state index in [1.165, 1.54) is 7.05 Å². The van der Waals surface area contributed by atoms with Gasteiger partial charge in [0.05, 0.1) is 6.54 Å². The van der Waals surface area contributed by atoms with Gasteiger partial charge in [0, 0.05) is 7.05 Å². The van der Waals surface area contributed by atoms with Gasteiger partial charge >= 0.3 is 6.03 Å². The molecule has 1 aromatic carbocycles. The normalized spacial score (nSPS) is 10.9. The van der Waals surface area contributed by atoms with E-state index < -0.39 is 0 Å². The van der Waals surface area contributed by atoms with Crippen molar-refractivity contribution in [3.05, 3.63) is 35.9 Å². The molecule has 4 N–H and O–H groups in total. The van der Waals surface area contributed by atoms with E-state index in [2.05, 4.69) is 15.6 Å². The minimum Gasteiger partial charge on any atom is -0.370 e. The Kier molecular flexibility index (Phi) is 4.15. The highest BCUT2D eigenvalue weighted by atomic mass is 16.2. The fraction of sp³-hybridized carbons (Fsp3) is 0.200. The van der Waals surface area contributed by atoms with Gasteiger partial charge in [-0.3, -0.25) is 5.32 Å². The van der Waals surface area contributed by atoms with E-state index in [-0.39, 0.29) is 12.0 Å². The van der Waals surface area contributed by atoms with Gasteiger partial charge in [0.25, 0.3) is 0 Å². The molecule has 0 aromatic heterocycles. The van der Waals surface area contributed by atoms with Crippen LogP contribution in [0.25, 0.3) is 0 Å². The van der Waals surface area contributed by atoms with Crippen LogP contribution in [-0.4, -0.2) is 19.0 Å². The van der Waals surface area contributed by atoms with Crippen LogP contribution in [0.2, 0.25) is 0 Å². The zero-order chi connectivity index (χ0) is 11.1. The fourth-order valence-corrected chi connectivity index (χ4v) is 0.978. The van der Waals surface area contributed by atoms with Gasteiger partial charge in [-0.2, -0.15) is 0 Å². The Morgan fingerprint density at radius 3 is 2.67 bits per heavy atom. The molecule has 5 heteroatoms. The van der Waals surface area contributed by atoms with Crippen molar-refractivity contribution in [1.29, 1.82) is 0 Å². The van der Waals surface area contributed by atoms with Gasteiger partial charge in [0.2, 0.25) is 0 Å². The Hall–Kier alpha value is -2.04. The summed E-state index contributed by atoms with van der Waals surface area (Å²) in [6, 6.07) is 9.29. The van der Waals surface area contributed by atoms with Crippen molar-refractivity contribution in [3.8, 4) is 0 Å². The van der Waals surface area contributed by atoms with E-state index in [9.17, 15) is 4.79 Å². The van der Waals surface area contributed by atoms with Gasteiger partial charge in [0.1, 0.15) is 0 Å². The first-order valence-electron chi connectivity index (χ1n) is 4.55. The Labute approximate surface area is 88.4 Å². The Morgan fingerprint density at radius 1 is 1.40 bits per heavy atom. The molecule has 0 unspecified atom stereocenters. The van der Waals surface area contributed by atoms with Crippen LogP contribution in [0.15, 0.2) is 35.3 Å². The molecular formula is C10H14N4O. The predicted molar refractivity (Wildman–Crippen MR) is 59.4 cm³/mol. The quantitative estimate of drug-likeness (QED) is 0.484. The van der Waals surface area contributed by atoms with E-state index in [0.29, 0.717) is 6.54 Å². The van der Waals surface area contributed by atoms with Crippen LogP contribution in [-0.2, 0) is 6.54 Å². The molecule has 0 fully saturated rings. The van der Waals surface area contributed by atoms with Crippen molar-refractivity contribution >= 4 is 12.0 Å². The number of urea groups is 1. The Bertz CT molecular complexity index is 348. The molecule has 5 nitrogen and oxygen atoms in total. The van der Waals surface area contributed by atoms with Gasteiger partial charge in [0.15, 0.2) is 5.96 Å². The van der Waals surface area contributed by atoms with Crippen molar-refractivity contribution in [2.75, 3.05) is 7.05 Å². The third kappa shape index (κ3) is 4.12. The molecule has 0 atom stereocenters. The summed E-state index contributed by atoms with van der Waals surface area (Å²) in [5, 5.41) is 4.76. The summed E-state index contributed by atoms with van der Waals surface area (Å²) in [5.74, 6) is 0.109. The lowest BCUT2D eigenvalue weighted by Gasteiger charge is -2.02. The smallest absolute Gasteiger partial charge is 0.321 e. The van der Waals surface area contributed by atoms with Gasteiger partial charge in [-0.1, -0.05) is 30.3 Å². The van der Waals surface area contributed by atoms with E-state index in [0.717, 1.165) is 5.56 Å². The van der Waals surface area contributed by atoms with E-state index in [4.69, 9.17) is 5.73 Å². The number of rotatable bonds is 2. The molecule has 2 amide bonds. The first kappa shape index (κ1) is 11.0. The van der Waals surface area contributed by atoms with Crippen molar-refractivity contribution < 1.29 is 4.79 Å². The van der Waals surface area contributed by atoms with Crippen molar-refractivity contribution in [3.63, 3.8) is 0 Å². The summed E-state index contributed by atoms with van der Waals surface area (Å²) in [6.45, 7) is 0.455. The summed E-state index contributed by atoms with van der Waals surface area (Å²) in [4.78, 5) is 14.9.